The molecular formula is C15H27N3O. The molecule has 0 atom stereocenters. The number of nitrogens with zero attached hydrogens (tertiary/aromatic N) is 2. The fourth-order valence-electron chi connectivity index (χ4n) is 2.37. The predicted molar refractivity (Wildman–Crippen MR) is 78.0 cm³/mol. The first-order chi connectivity index (χ1) is 9.15. The first-order valence-corrected chi connectivity index (χ1v) is 7.32. The fourth-order valence-corrected chi connectivity index (χ4v) is 2.37. The highest BCUT2D eigenvalue weighted by Gasteiger charge is 2.16. The Kier molecular flexibility index (Phi) is 5.43. The van der Waals surface area contributed by atoms with Crippen LogP contribution in [0.25, 0.3) is 0 Å². The van der Waals surface area contributed by atoms with Crippen molar-refractivity contribution in [3.63, 3.8) is 0 Å². The summed E-state index contributed by atoms with van der Waals surface area (Å²) in [5, 5.41) is 3.49. The summed E-state index contributed by atoms with van der Waals surface area (Å²) in [7, 11) is 2.19. The average molecular weight is 265 g/mol. The summed E-state index contributed by atoms with van der Waals surface area (Å²) in [6, 6.07) is 2.10. The van der Waals surface area contributed by atoms with E-state index in [9.17, 15) is 0 Å². The molecule has 0 radical (unpaired) electrons. The molecule has 108 valence electrons. The molecule has 4 nitrogen and oxygen atoms in total. The molecule has 1 aromatic heterocycles. The summed E-state index contributed by atoms with van der Waals surface area (Å²) in [6.07, 6.45) is 1.82. The Balaban J connectivity index is 1.81. The lowest BCUT2D eigenvalue weighted by atomic mass is 10.2. The molecule has 1 aliphatic rings. The van der Waals surface area contributed by atoms with Crippen molar-refractivity contribution in [2.75, 3.05) is 39.8 Å². The van der Waals surface area contributed by atoms with Gasteiger partial charge in [0.25, 0.3) is 0 Å². The Bertz CT molecular complexity index is 367. The van der Waals surface area contributed by atoms with Gasteiger partial charge in [0, 0.05) is 38.3 Å². The van der Waals surface area contributed by atoms with Crippen molar-refractivity contribution in [1.29, 1.82) is 0 Å². The number of piperazine rings is 1. The van der Waals surface area contributed by atoms with Crippen molar-refractivity contribution in [2.24, 2.45) is 5.92 Å². The number of hydrogen-bond acceptors (Lipinski definition) is 4. The smallest absolute Gasteiger partial charge is 0.122 e. The maximum atomic E-state index is 5.66. The van der Waals surface area contributed by atoms with Crippen LogP contribution >= 0.6 is 0 Å². The van der Waals surface area contributed by atoms with Crippen LogP contribution in [0.15, 0.2) is 16.7 Å². The first-order valence-electron chi connectivity index (χ1n) is 7.32. The van der Waals surface area contributed by atoms with E-state index in [0.717, 1.165) is 51.6 Å². The molecule has 1 fully saturated rings. The zero-order chi connectivity index (χ0) is 13.7. The van der Waals surface area contributed by atoms with Crippen molar-refractivity contribution in [3.05, 3.63) is 23.7 Å². The van der Waals surface area contributed by atoms with Gasteiger partial charge in [-0.2, -0.15) is 0 Å². The van der Waals surface area contributed by atoms with Crippen molar-refractivity contribution in [3.8, 4) is 0 Å². The molecule has 0 amide bonds. The monoisotopic (exact) mass is 265 g/mol. The Morgan fingerprint density at radius 2 is 2.00 bits per heavy atom. The molecule has 1 aliphatic heterocycles. The van der Waals surface area contributed by atoms with Crippen molar-refractivity contribution in [2.45, 2.75) is 26.9 Å². The van der Waals surface area contributed by atoms with Crippen LogP contribution in [0.5, 0.6) is 0 Å². The van der Waals surface area contributed by atoms with E-state index in [1.165, 1.54) is 5.56 Å². The number of furan rings is 1. The van der Waals surface area contributed by atoms with Gasteiger partial charge in [-0.25, -0.2) is 0 Å². The third-order valence-corrected chi connectivity index (χ3v) is 3.67. The van der Waals surface area contributed by atoms with Crippen LogP contribution in [-0.2, 0) is 13.1 Å². The van der Waals surface area contributed by atoms with E-state index in [2.05, 4.69) is 42.1 Å². The van der Waals surface area contributed by atoms with Gasteiger partial charge in [0.2, 0.25) is 0 Å². The molecule has 0 aromatic carbocycles. The van der Waals surface area contributed by atoms with E-state index in [1.807, 2.05) is 6.26 Å². The topological polar surface area (TPSA) is 31.7 Å². The molecule has 0 spiro atoms. The van der Waals surface area contributed by atoms with Crippen LogP contribution in [0.4, 0.5) is 0 Å². The van der Waals surface area contributed by atoms with Crippen LogP contribution in [0.3, 0.4) is 0 Å². The number of nitrogens with one attached hydrogen (secondary N) is 1. The first kappa shape index (κ1) is 14.6. The third kappa shape index (κ3) is 4.64. The van der Waals surface area contributed by atoms with Crippen molar-refractivity contribution < 1.29 is 4.42 Å². The van der Waals surface area contributed by atoms with E-state index in [1.54, 1.807) is 0 Å². The minimum absolute atomic E-state index is 0.688. The second kappa shape index (κ2) is 7.08. The highest BCUT2D eigenvalue weighted by molar-refractivity contribution is 5.16. The molecule has 19 heavy (non-hydrogen) atoms. The Morgan fingerprint density at radius 1 is 1.26 bits per heavy atom. The van der Waals surface area contributed by atoms with Crippen LogP contribution in [0, 0.1) is 5.92 Å². The Morgan fingerprint density at radius 3 is 2.68 bits per heavy atom. The molecule has 2 rings (SSSR count). The zero-order valence-corrected chi connectivity index (χ0v) is 12.5. The van der Waals surface area contributed by atoms with Gasteiger partial charge in [0.15, 0.2) is 0 Å². The van der Waals surface area contributed by atoms with Crippen LogP contribution in [0.1, 0.15) is 25.2 Å². The highest BCUT2D eigenvalue weighted by Crippen LogP contribution is 2.14. The molecule has 1 aromatic rings. The van der Waals surface area contributed by atoms with Gasteiger partial charge in [-0.15, -0.1) is 0 Å². The molecule has 2 heterocycles. The Hall–Kier alpha value is -0.840. The predicted octanol–water partition coefficient (Wildman–Crippen LogP) is 1.77. The summed E-state index contributed by atoms with van der Waals surface area (Å²) < 4.78 is 5.66. The normalized spacial score (nSPS) is 18.3. The molecule has 1 saturated heterocycles. The number of hydrogen-bond donors (Lipinski definition) is 1. The minimum Gasteiger partial charge on any atom is -0.468 e. The molecule has 0 unspecified atom stereocenters. The van der Waals surface area contributed by atoms with Gasteiger partial charge in [-0.05, 0) is 25.6 Å². The van der Waals surface area contributed by atoms with Crippen molar-refractivity contribution >= 4 is 0 Å². The molecular weight excluding hydrogens is 238 g/mol. The SMILES string of the molecule is CC(C)CNCc1ccoc1CN1CCN(C)CC1. The van der Waals surface area contributed by atoms with Crippen LogP contribution < -0.4 is 5.32 Å². The van der Waals surface area contributed by atoms with Crippen LogP contribution in [0.2, 0.25) is 0 Å². The van der Waals surface area contributed by atoms with Gasteiger partial charge in [0.1, 0.15) is 5.76 Å². The fraction of sp³-hybridized carbons (Fsp3) is 0.733. The maximum absolute atomic E-state index is 5.66. The largest absolute Gasteiger partial charge is 0.468 e. The zero-order valence-electron chi connectivity index (χ0n) is 12.5. The van der Waals surface area contributed by atoms with E-state index in [4.69, 9.17) is 4.42 Å². The maximum Gasteiger partial charge on any atom is 0.122 e. The van der Waals surface area contributed by atoms with Gasteiger partial charge in [-0.1, -0.05) is 13.8 Å². The highest BCUT2D eigenvalue weighted by atomic mass is 16.3. The molecule has 0 aliphatic carbocycles. The van der Waals surface area contributed by atoms with Gasteiger partial charge in [-0.3, -0.25) is 4.90 Å². The summed E-state index contributed by atoms with van der Waals surface area (Å²) in [6.45, 7) is 12.0. The average Bonchev–Trinajstić information content (AvgIpc) is 2.79. The quantitative estimate of drug-likeness (QED) is 0.849. The second-order valence-electron chi connectivity index (χ2n) is 5.97. The standard InChI is InChI=1S/C15H27N3O/c1-13(2)10-16-11-14-4-9-19-15(14)12-18-7-5-17(3)6-8-18/h4,9,13,16H,5-8,10-12H2,1-3H3. The van der Waals surface area contributed by atoms with E-state index >= 15 is 0 Å². The minimum atomic E-state index is 0.688. The summed E-state index contributed by atoms with van der Waals surface area (Å²) in [5.41, 5.74) is 1.31. The third-order valence-electron chi connectivity index (χ3n) is 3.67. The molecule has 1 N–H and O–H groups in total. The van der Waals surface area contributed by atoms with Gasteiger partial charge in [0.05, 0.1) is 12.8 Å². The molecule has 0 saturated carbocycles. The van der Waals surface area contributed by atoms with E-state index < -0.39 is 0 Å². The van der Waals surface area contributed by atoms with Crippen LogP contribution in [-0.4, -0.2) is 49.6 Å². The Labute approximate surface area is 116 Å². The summed E-state index contributed by atoms with van der Waals surface area (Å²) >= 11 is 0. The van der Waals surface area contributed by atoms with E-state index in [0.29, 0.717) is 5.92 Å². The van der Waals surface area contributed by atoms with Crippen molar-refractivity contribution in [1.82, 2.24) is 15.1 Å². The van der Waals surface area contributed by atoms with Gasteiger partial charge >= 0.3 is 0 Å². The molecule has 4 heteroatoms. The summed E-state index contributed by atoms with van der Waals surface area (Å²) in [5.74, 6) is 1.81. The number of rotatable bonds is 6. The summed E-state index contributed by atoms with van der Waals surface area (Å²) in [4.78, 5) is 4.86. The lowest BCUT2D eigenvalue weighted by molar-refractivity contribution is 0.140. The second-order valence-corrected chi connectivity index (χ2v) is 5.97. The number of likely N-dealkylation sites (N-methyl/N-ethyl adjacent to an activating group) is 1. The molecule has 0 bridgehead atoms. The van der Waals surface area contributed by atoms with Gasteiger partial charge < -0.3 is 14.6 Å². The lowest BCUT2D eigenvalue weighted by Crippen LogP contribution is -2.43. The lowest BCUT2D eigenvalue weighted by Gasteiger charge is -2.31. The van der Waals surface area contributed by atoms with E-state index in [-0.39, 0.29) is 0 Å².